The zero-order valence-corrected chi connectivity index (χ0v) is 24.6. The van der Waals surface area contributed by atoms with Crippen molar-refractivity contribution in [2.24, 2.45) is 7.05 Å². The molecule has 0 unspecified atom stereocenters. The van der Waals surface area contributed by atoms with E-state index in [9.17, 15) is 9.90 Å². The summed E-state index contributed by atoms with van der Waals surface area (Å²) in [7, 11) is 3.41. The van der Waals surface area contributed by atoms with Crippen molar-refractivity contribution in [1.29, 1.82) is 0 Å². The molecule has 1 N–H and O–H groups in total. The summed E-state index contributed by atoms with van der Waals surface area (Å²) >= 11 is 0. The molecule has 6 rings (SSSR count). The van der Waals surface area contributed by atoms with Crippen molar-refractivity contribution in [3.8, 4) is 28.3 Å². The lowest BCUT2D eigenvalue weighted by molar-refractivity contribution is 0.0697. The lowest BCUT2D eigenvalue weighted by Gasteiger charge is -2.12. The molecule has 0 bridgehead atoms. The maximum Gasteiger partial charge on any atom is 0.335 e. The number of aromatic carboxylic acids is 1. The van der Waals surface area contributed by atoms with Crippen LogP contribution in [0, 0.1) is 11.6 Å². The van der Waals surface area contributed by atoms with Crippen LogP contribution in [-0.2, 0) is 31.4 Å². The fraction of sp³-hybridized carbons (Fsp3) is 0.176. The quantitative estimate of drug-likeness (QED) is 0.184. The van der Waals surface area contributed by atoms with E-state index in [2.05, 4.69) is 15.1 Å². The number of aryl methyl sites for hydroxylation is 1. The number of benzene rings is 3. The van der Waals surface area contributed by atoms with E-state index in [0.29, 0.717) is 30.0 Å². The Labute approximate surface area is 257 Å². The van der Waals surface area contributed by atoms with Gasteiger partial charge < -0.3 is 19.1 Å². The minimum Gasteiger partial charge on any atom is -0.478 e. The van der Waals surface area contributed by atoms with Crippen LogP contribution in [0.5, 0.6) is 5.88 Å². The third-order valence-corrected chi connectivity index (χ3v) is 7.43. The van der Waals surface area contributed by atoms with E-state index in [-0.39, 0.29) is 41.3 Å². The summed E-state index contributed by atoms with van der Waals surface area (Å²) in [6, 6.07) is 19.6. The number of imidazole rings is 1. The molecule has 0 saturated carbocycles. The summed E-state index contributed by atoms with van der Waals surface area (Å²) in [5.74, 6) is -1.61. The van der Waals surface area contributed by atoms with Gasteiger partial charge in [-0.15, -0.1) is 0 Å². The molecule has 45 heavy (non-hydrogen) atoms. The number of aromatic nitrogens is 5. The van der Waals surface area contributed by atoms with Crippen molar-refractivity contribution < 1.29 is 28.2 Å². The number of nitrogens with zero attached hydrogens (tertiary/aromatic N) is 5. The van der Waals surface area contributed by atoms with Crippen LogP contribution in [0.4, 0.5) is 8.78 Å². The predicted molar refractivity (Wildman–Crippen MR) is 164 cm³/mol. The molecule has 0 spiro atoms. The van der Waals surface area contributed by atoms with Gasteiger partial charge in [0.15, 0.2) is 0 Å². The molecule has 0 aliphatic carbocycles. The van der Waals surface area contributed by atoms with Crippen LogP contribution >= 0.6 is 0 Å². The van der Waals surface area contributed by atoms with E-state index < -0.39 is 17.6 Å². The second-order valence-corrected chi connectivity index (χ2v) is 10.5. The van der Waals surface area contributed by atoms with Gasteiger partial charge in [0, 0.05) is 50.5 Å². The number of ether oxygens (including phenoxy) is 2. The molecular weight excluding hydrogens is 580 g/mol. The Kier molecular flexibility index (Phi) is 8.35. The molecule has 6 aromatic rings. The molecule has 3 aromatic heterocycles. The second-order valence-electron chi connectivity index (χ2n) is 10.5. The monoisotopic (exact) mass is 609 g/mol. The molecule has 0 atom stereocenters. The van der Waals surface area contributed by atoms with E-state index in [4.69, 9.17) is 9.47 Å². The molecular formula is C34H29F2N5O4. The smallest absolute Gasteiger partial charge is 0.335 e. The standard InChI is InChI=1S/C34H29F2N5O4/c1-40-19-25(18-37-40)22-6-3-5-21(13-22)20-45-33-8-4-7-29(39-33)26-17-27(35)24(14-28(26)36)16-32-38-30-10-9-23(34(42)43)15-31(30)41(32)11-12-44-2/h3-10,13-15,17-19H,11-12,16,20H2,1-2H3,(H,42,43). The Bertz CT molecular complexity index is 2020. The average Bonchev–Trinajstić information content (AvgIpc) is 3.63. The highest BCUT2D eigenvalue weighted by Gasteiger charge is 2.18. The first-order valence-electron chi connectivity index (χ1n) is 14.2. The number of pyridine rings is 1. The molecule has 11 heteroatoms. The lowest BCUT2D eigenvalue weighted by atomic mass is 10.0. The van der Waals surface area contributed by atoms with Gasteiger partial charge in [-0.2, -0.15) is 5.10 Å². The lowest BCUT2D eigenvalue weighted by Crippen LogP contribution is -2.10. The third-order valence-electron chi connectivity index (χ3n) is 7.43. The Balaban J connectivity index is 1.22. The zero-order valence-electron chi connectivity index (χ0n) is 24.6. The largest absolute Gasteiger partial charge is 0.478 e. The normalized spacial score (nSPS) is 11.3. The molecule has 9 nitrogen and oxygen atoms in total. The number of carboxylic acids is 1. The first-order valence-corrected chi connectivity index (χ1v) is 14.2. The molecule has 3 aromatic carbocycles. The summed E-state index contributed by atoms with van der Waals surface area (Å²) in [6.45, 7) is 0.919. The van der Waals surface area contributed by atoms with Crippen LogP contribution in [0.15, 0.2) is 85.2 Å². The minimum absolute atomic E-state index is 0.000684. The molecule has 0 amide bonds. The summed E-state index contributed by atoms with van der Waals surface area (Å²) < 4.78 is 45.6. The van der Waals surface area contributed by atoms with Gasteiger partial charge in [-0.25, -0.2) is 23.5 Å². The number of methoxy groups -OCH3 is 1. The topological polar surface area (TPSA) is 104 Å². The van der Waals surface area contributed by atoms with Crippen molar-refractivity contribution in [2.75, 3.05) is 13.7 Å². The summed E-state index contributed by atoms with van der Waals surface area (Å²) in [5, 5.41) is 13.6. The highest BCUT2D eigenvalue weighted by Crippen LogP contribution is 2.28. The number of fused-ring (bicyclic) bond motifs is 1. The van der Waals surface area contributed by atoms with Gasteiger partial charge in [-0.05, 0) is 59.2 Å². The van der Waals surface area contributed by atoms with E-state index in [1.807, 2.05) is 37.5 Å². The number of hydrogen-bond donors (Lipinski definition) is 1. The molecule has 228 valence electrons. The van der Waals surface area contributed by atoms with Gasteiger partial charge in [0.1, 0.15) is 24.1 Å². The van der Waals surface area contributed by atoms with Crippen LogP contribution in [0.3, 0.4) is 0 Å². The molecule has 0 saturated heterocycles. The van der Waals surface area contributed by atoms with Gasteiger partial charge in [0.05, 0.1) is 35.1 Å². The van der Waals surface area contributed by atoms with Gasteiger partial charge in [0.25, 0.3) is 0 Å². The Morgan fingerprint density at radius 1 is 0.956 bits per heavy atom. The van der Waals surface area contributed by atoms with Crippen molar-refractivity contribution in [3.05, 3.63) is 119 Å². The number of carboxylic acid groups (broad SMARTS) is 1. The molecule has 0 aliphatic rings. The Morgan fingerprint density at radius 2 is 1.80 bits per heavy atom. The van der Waals surface area contributed by atoms with E-state index >= 15 is 8.78 Å². The number of carbonyl (C=O) groups is 1. The van der Waals surface area contributed by atoms with Gasteiger partial charge >= 0.3 is 5.97 Å². The summed E-state index contributed by atoms with van der Waals surface area (Å²) in [4.78, 5) is 20.5. The predicted octanol–water partition coefficient (Wildman–Crippen LogP) is 6.29. The summed E-state index contributed by atoms with van der Waals surface area (Å²) in [5.41, 5.74) is 4.46. The maximum atomic E-state index is 15.5. The molecule has 0 aliphatic heterocycles. The third kappa shape index (κ3) is 6.43. The van der Waals surface area contributed by atoms with Crippen LogP contribution in [0.1, 0.15) is 27.3 Å². The first kappa shape index (κ1) is 29.6. The van der Waals surface area contributed by atoms with Crippen LogP contribution in [0.25, 0.3) is 33.4 Å². The highest BCUT2D eigenvalue weighted by molar-refractivity contribution is 5.92. The second kappa shape index (κ2) is 12.7. The highest BCUT2D eigenvalue weighted by atomic mass is 19.1. The zero-order chi connectivity index (χ0) is 31.5. The van der Waals surface area contributed by atoms with Crippen molar-refractivity contribution >= 4 is 17.0 Å². The van der Waals surface area contributed by atoms with Crippen LogP contribution in [-0.4, -0.2) is 49.1 Å². The molecule has 0 fully saturated rings. The van der Waals surface area contributed by atoms with E-state index in [0.717, 1.165) is 28.8 Å². The van der Waals surface area contributed by atoms with Gasteiger partial charge in [-0.3, -0.25) is 4.68 Å². The van der Waals surface area contributed by atoms with E-state index in [1.165, 1.54) is 12.1 Å². The van der Waals surface area contributed by atoms with Gasteiger partial charge in [-0.1, -0.05) is 24.3 Å². The van der Waals surface area contributed by atoms with Crippen LogP contribution < -0.4 is 4.74 Å². The summed E-state index contributed by atoms with van der Waals surface area (Å²) in [6.07, 6.45) is 3.70. The first-order chi connectivity index (χ1) is 21.8. The average molecular weight is 610 g/mol. The number of halogens is 2. The van der Waals surface area contributed by atoms with Crippen LogP contribution in [0.2, 0.25) is 0 Å². The Hall–Kier alpha value is -5.42. The van der Waals surface area contributed by atoms with Crippen molar-refractivity contribution in [3.63, 3.8) is 0 Å². The van der Waals surface area contributed by atoms with Crippen molar-refractivity contribution in [1.82, 2.24) is 24.3 Å². The number of rotatable bonds is 11. The fourth-order valence-electron chi connectivity index (χ4n) is 5.18. The van der Waals surface area contributed by atoms with Crippen molar-refractivity contribution in [2.45, 2.75) is 19.6 Å². The SMILES string of the molecule is COCCn1c(Cc2cc(F)c(-c3cccc(OCc4cccc(-c5cnn(C)c5)c4)n3)cc2F)nc2ccc(C(=O)O)cc21. The molecule has 3 heterocycles. The molecule has 0 radical (unpaired) electrons. The minimum atomic E-state index is -1.07. The fourth-order valence-corrected chi connectivity index (χ4v) is 5.18. The van der Waals surface area contributed by atoms with Gasteiger partial charge in [0.2, 0.25) is 5.88 Å². The maximum absolute atomic E-state index is 15.5. The Morgan fingerprint density at radius 3 is 2.58 bits per heavy atom. The van der Waals surface area contributed by atoms with E-state index in [1.54, 1.807) is 46.8 Å². The number of hydrogen-bond acceptors (Lipinski definition) is 6.